The summed E-state index contributed by atoms with van der Waals surface area (Å²) in [5.41, 5.74) is 0.723. The Bertz CT molecular complexity index is 706. The second-order valence-electron chi connectivity index (χ2n) is 4.60. The van der Waals surface area contributed by atoms with Crippen LogP contribution < -0.4 is 0 Å². The van der Waals surface area contributed by atoms with Crippen LogP contribution in [0.2, 0.25) is 0 Å². The first-order valence-corrected chi connectivity index (χ1v) is 7.45. The van der Waals surface area contributed by atoms with E-state index in [-0.39, 0.29) is 5.78 Å². The molecule has 0 aliphatic heterocycles. The summed E-state index contributed by atoms with van der Waals surface area (Å²) >= 11 is 1.69. The van der Waals surface area contributed by atoms with Crippen molar-refractivity contribution in [2.75, 3.05) is 0 Å². The number of ketones is 1. The van der Waals surface area contributed by atoms with Crippen LogP contribution in [0.15, 0.2) is 83.1 Å². The van der Waals surface area contributed by atoms with E-state index in [4.69, 9.17) is 0 Å². The Morgan fingerprint density at radius 2 is 1.71 bits per heavy atom. The zero-order chi connectivity index (χ0) is 14.5. The van der Waals surface area contributed by atoms with Crippen molar-refractivity contribution in [3.63, 3.8) is 0 Å². The van der Waals surface area contributed by atoms with Crippen molar-refractivity contribution in [1.29, 1.82) is 0 Å². The second kappa shape index (κ2) is 6.41. The quantitative estimate of drug-likeness (QED) is 0.669. The number of Topliss-reactive ketones (excluding diaryl/α,β-unsaturated/α-hetero) is 1. The van der Waals surface area contributed by atoms with Gasteiger partial charge in [-0.3, -0.25) is 4.79 Å². The molecular formula is C17H14N2OS. The van der Waals surface area contributed by atoms with Gasteiger partial charge >= 0.3 is 0 Å². The Hall–Kier alpha value is -2.33. The first-order valence-electron chi connectivity index (χ1n) is 6.63. The smallest absolute Gasteiger partial charge is 0.182 e. The molecule has 0 fully saturated rings. The molecule has 2 aromatic carbocycles. The second-order valence-corrected chi connectivity index (χ2v) is 5.74. The van der Waals surface area contributed by atoms with E-state index >= 15 is 0 Å². The molecule has 0 aliphatic carbocycles. The van der Waals surface area contributed by atoms with E-state index < -0.39 is 0 Å². The standard InChI is InChI=1S/C17H14N2OS/c20-17(12-19-11-10-18-13-19)14-6-8-16(9-7-14)21-15-4-2-1-3-5-15/h1-11,13H,12H2. The van der Waals surface area contributed by atoms with Gasteiger partial charge in [0, 0.05) is 27.7 Å². The highest BCUT2D eigenvalue weighted by atomic mass is 32.2. The molecule has 1 heterocycles. The molecule has 3 rings (SSSR count). The number of nitrogens with zero attached hydrogens (tertiary/aromatic N) is 2. The molecule has 3 aromatic rings. The molecule has 0 aliphatic rings. The molecule has 0 spiro atoms. The molecule has 0 atom stereocenters. The topological polar surface area (TPSA) is 34.9 Å². The maximum absolute atomic E-state index is 12.1. The maximum atomic E-state index is 12.1. The van der Waals surface area contributed by atoms with Gasteiger partial charge in [0.2, 0.25) is 0 Å². The molecular weight excluding hydrogens is 280 g/mol. The van der Waals surface area contributed by atoms with E-state index in [9.17, 15) is 4.79 Å². The van der Waals surface area contributed by atoms with Crippen molar-refractivity contribution in [1.82, 2.24) is 9.55 Å². The predicted molar refractivity (Wildman–Crippen MR) is 83.6 cm³/mol. The van der Waals surface area contributed by atoms with Gasteiger partial charge < -0.3 is 4.57 Å². The highest BCUT2D eigenvalue weighted by molar-refractivity contribution is 7.99. The average molecular weight is 294 g/mol. The Morgan fingerprint density at radius 3 is 2.38 bits per heavy atom. The minimum Gasteiger partial charge on any atom is -0.330 e. The lowest BCUT2D eigenvalue weighted by atomic mass is 10.1. The largest absolute Gasteiger partial charge is 0.330 e. The third-order valence-corrected chi connectivity index (χ3v) is 4.06. The minimum absolute atomic E-state index is 0.0873. The lowest BCUT2D eigenvalue weighted by Gasteiger charge is -2.04. The number of carbonyl (C=O) groups is 1. The molecule has 0 N–H and O–H groups in total. The zero-order valence-corrected chi connectivity index (χ0v) is 12.2. The monoisotopic (exact) mass is 294 g/mol. The summed E-state index contributed by atoms with van der Waals surface area (Å²) in [5.74, 6) is 0.0873. The molecule has 0 saturated carbocycles. The van der Waals surface area contributed by atoms with Crippen molar-refractivity contribution >= 4 is 17.5 Å². The maximum Gasteiger partial charge on any atom is 0.182 e. The lowest BCUT2D eigenvalue weighted by molar-refractivity contribution is 0.0972. The van der Waals surface area contributed by atoms with Gasteiger partial charge in [-0.2, -0.15) is 0 Å². The van der Waals surface area contributed by atoms with Crippen molar-refractivity contribution in [2.45, 2.75) is 16.3 Å². The number of aromatic nitrogens is 2. The fraction of sp³-hybridized carbons (Fsp3) is 0.0588. The van der Waals surface area contributed by atoms with Crippen LogP contribution in [-0.2, 0) is 6.54 Å². The molecule has 0 bridgehead atoms. The van der Waals surface area contributed by atoms with E-state index in [1.54, 1.807) is 35.0 Å². The minimum atomic E-state index is 0.0873. The van der Waals surface area contributed by atoms with Crippen molar-refractivity contribution < 1.29 is 4.79 Å². The molecule has 1 aromatic heterocycles. The van der Waals surface area contributed by atoms with Gasteiger partial charge in [0.1, 0.15) is 0 Å². The highest BCUT2D eigenvalue weighted by Crippen LogP contribution is 2.27. The van der Waals surface area contributed by atoms with E-state index in [1.807, 2.05) is 42.5 Å². The molecule has 0 unspecified atom stereocenters. The number of hydrogen-bond acceptors (Lipinski definition) is 3. The molecule has 3 nitrogen and oxygen atoms in total. The van der Waals surface area contributed by atoms with Crippen LogP contribution in [0.3, 0.4) is 0 Å². The third kappa shape index (κ3) is 3.61. The number of hydrogen-bond donors (Lipinski definition) is 0. The molecule has 0 radical (unpaired) electrons. The van der Waals surface area contributed by atoms with Crippen molar-refractivity contribution in [2.24, 2.45) is 0 Å². The molecule has 104 valence electrons. The van der Waals surface area contributed by atoms with E-state index in [0.29, 0.717) is 6.54 Å². The van der Waals surface area contributed by atoms with Gasteiger partial charge in [0.05, 0.1) is 12.9 Å². The number of carbonyl (C=O) groups excluding carboxylic acids is 1. The van der Waals surface area contributed by atoms with Gasteiger partial charge in [-0.1, -0.05) is 42.1 Å². The van der Waals surface area contributed by atoms with Crippen molar-refractivity contribution in [3.05, 3.63) is 78.9 Å². The summed E-state index contributed by atoms with van der Waals surface area (Å²) in [7, 11) is 0. The average Bonchev–Trinajstić information content (AvgIpc) is 3.02. The summed E-state index contributed by atoms with van der Waals surface area (Å²) < 4.78 is 1.77. The number of benzene rings is 2. The SMILES string of the molecule is O=C(Cn1ccnc1)c1ccc(Sc2ccccc2)cc1. The van der Waals surface area contributed by atoms with Crippen LogP contribution in [0.5, 0.6) is 0 Å². The Morgan fingerprint density at radius 1 is 1.00 bits per heavy atom. The first-order chi connectivity index (χ1) is 10.3. The number of imidazole rings is 1. The highest BCUT2D eigenvalue weighted by Gasteiger charge is 2.06. The first kappa shape index (κ1) is 13.6. The summed E-state index contributed by atoms with van der Waals surface area (Å²) in [4.78, 5) is 18.4. The van der Waals surface area contributed by atoms with Gasteiger partial charge in [-0.15, -0.1) is 0 Å². The van der Waals surface area contributed by atoms with Gasteiger partial charge in [0.25, 0.3) is 0 Å². The zero-order valence-electron chi connectivity index (χ0n) is 11.3. The van der Waals surface area contributed by atoms with Gasteiger partial charge in [-0.25, -0.2) is 4.98 Å². The van der Waals surface area contributed by atoms with E-state index in [2.05, 4.69) is 17.1 Å². The summed E-state index contributed by atoms with van der Waals surface area (Å²) in [6.07, 6.45) is 5.11. The molecule has 0 amide bonds. The summed E-state index contributed by atoms with van der Waals surface area (Å²) in [6.45, 7) is 0.325. The van der Waals surface area contributed by atoms with Crippen LogP contribution in [0, 0.1) is 0 Å². The van der Waals surface area contributed by atoms with Crippen LogP contribution in [0.4, 0.5) is 0 Å². The molecule has 0 saturated heterocycles. The van der Waals surface area contributed by atoms with Gasteiger partial charge in [-0.05, 0) is 24.3 Å². The molecule has 4 heteroatoms. The lowest BCUT2D eigenvalue weighted by Crippen LogP contribution is -2.08. The predicted octanol–water partition coefficient (Wildman–Crippen LogP) is 3.92. The van der Waals surface area contributed by atoms with Crippen LogP contribution in [-0.4, -0.2) is 15.3 Å². The summed E-state index contributed by atoms with van der Waals surface area (Å²) in [6, 6.07) is 17.9. The Kier molecular flexibility index (Phi) is 4.17. The third-order valence-electron chi connectivity index (χ3n) is 3.04. The van der Waals surface area contributed by atoms with Gasteiger partial charge in [0.15, 0.2) is 5.78 Å². The molecule has 21 heavy (non-hydrogen) atoms. The fourth-order valence-electron chi connectivity index (χ4n) is 1.97. The Labute approximate surface area is 127 Å². The normalized spacial score (nSPS) is 10.5. The van der Waals surface area contributed by atoms with Crippen LogP contribution in [0.25, 0.3) is 0 Å². The van der Waals surface area contributed by atoms with E-state index in [0.717, 1.165) is 10.5 Å². The van der Waals surface area contributed by atoms with Crippen molar-refractivity contribution in [3.8, 4) is 0 Å². The van der Waals surface area contributed by atoms with Crippen LogP contribution >= 0.6 is 11.8 Å². The number of rotatable bonds is 5. The van der Waals surface area contributed by atoms with E-state index in [1.165, 1.54) is 4.90 Å². The fourth-order valence-corrected chi connectivity index (χ4v) is 2.81. The summed E-state index contributed by atoms with van der Waals surface area (Å²) in [5, 5.41) is 0. The Balaban J connectivity index is 1.68. The van der Waals surface area contributed by atoms with Crippen LogP contribution in [0.1, 0.15) is 10.4 Å².